The van der Waals surface area contributed by atoms with E-state index < -0.39 is 0 Å². The van der Waals surface area contributed by atoms with Crippen LogP contribution in [0.2, 0.25) is 0 Å². The summed E-state index contributed by atoms with van der Waals surface area (Å²) in [5.41, 5.74) is 0. The zero-order valence-electron chi connectivity index (χ0n) is 11.5. The summed E-state index contributed by atoms with van der Waals surface area (Å²) >= 11 is 0. The van der Waals surface area contributed by atoms with Gasteiger partial charge in [-0.3, -0.25) is 0 Å². The number of furan rings is 1. The molecule has 0 fully saturated rings. The van der Waals surface area contributed by atoms with Crippen LogP contribution in [-0.4, -0.2) is 23.1 Å². The van der Waals surface area contributed by atoms with Gasteiger partial charge in [0, 0.05) is 19.2 Å². The highest BCUT2D eigenvalue weighted by Crippen LogP contribution is 2.17. The minimum absolute atomic E-state index is 0.716. The highest BCUT2D eigenvalue weighted by atomic mass is 16.3. The molecular weight excluding hydrogens is 240 g/mol. The van der Waals surface area contributed by atoms with Gasteiger partial charge < -0.3 is 14.6 Å². The van der Waals surface area contributed by atoms with Crippen molar-refractivity contribution in [1.29, 1.82) is 0 Å². The molecule has 5 heteroatoms. The first-order valence-electron chi connectivity index (χ1n) is 6.66. The van der Waals surface area contributed by atoms with Crippen LogP contribution in [0.5, 0.6) is 0 Å². The molecule has 0 bridgehead atoms. The molecule has 102 valence electrons. The molecule has 0 amide bonds. The smallest absolute Gasteiger partial charge is 0.134 e. The van der Waals surface area contributed by atoms with E-state index in [2.05, 4.69) is 34.0 Å². The van der Waals surface area contributed by atoms with E-state index in [1.165, 1.54) is 0 Å². The number of nitrogens with zero attached hydrogens (tertiary/aromatic N) is 3. The van der Waals surface area contributed by atoms with Crippen molar-refractivity contribution in [2.75, 3.05) is 23.3 Å². The Balaban J connectivity index is 2.09. The number of nitrogens with one attached hydrogen (secondary N) is 1. The van der Waals surface area contributed by atoms with E-state index in [1.54, 1.807) is 12.6 Å². The maximum Gasteiger partial charge on any atom is 0.134 e. The lowest BCUT2D eigenvalue weighted by Crippen LogP contribution is -2.23. The lowest BCUT2D eigenvalue weighted by Gasteiger charge is -2.21. The van der Waals surface area contributed by atoms with Gasteiger partial charge in [-0.25, -0.2) is 9.97 Å². The SMILES string of the molecule is CCCNc1cc(N(CC)Cc2ccco2)ncn1. The first kappa shape index (κ1) is 13.4. The van der Waals surface area contributed by atoms with Crippen LogP contribution >= 0.6 is 0 Å². The van der Waals surface area contributed by atoms with E-state index >= 15 is 0 Å². The van der Waals surface area contributed by atoms with Crippen molar-refractivity contribution in [3.05, 3.63) is 36.5 Å². The predicted molar refractivity (Wildman–Crippen MR) is 76.2 cm³/mol. The number of hydrogen-bond acceptors (Lipinski definition) is 5. The molecule has 0 atom stereocenters. The van der Waals surface area contributed by atoms with Crippen molar-refractivity contribution >= 4 is 11.6 Å². The third kappa shape index (κ3) is 3.71. The van der Waals surface area contributed by atoms with Crippen LogP contribution < -0.4 is 10.2 Å². The third-order valence-electron chi connectivity index (χ3n) is 2.84. The monoisotopic (exact) mass is 260 g/mol. The second-order valence-electron chi connectivity index (χ2n) is 4.28. The first-order valence-corrected chi connectivity index (χ1v) is 6.66. The number of aromatic nitrogens is 2. The van der Waals surface area contributed by atoms with E-state index in [1.807, 2.05) is 18.2 Å². The summed E-state index contributed by atoms with van der Waals surface area (Å²) in [6.07, 6.45) is 4.36. The summed E-state index contributed by atoms with van der Waals surface area (Å²) in [6.45, 7) is 6.73. The molecule has 0 saturated carbocycles. The van der Waals surface area contributed by atoms with E-state index in [0.717, 1.165) is 36.9 Å². The van der Waals surface area contributed by atoms with Crippen LogP contribution in [0.15, 0.2) is 35.2 Å². The average molecular weight is 260 g/mol. The number of anilines is 2. The fraction of sp³-hybridized carbons (Fsp3) is 0.429. The standard InChI is InChI=1S/C14H20N4O/c1-3-7-15-13-9-14(17-11-16-13)18(4-2)10-12-6-5-8-19-12/h5-6,8-9,11H,3-4,7,10H2,1-2H3,(H,15,16,17). The molecule has 0 aliphatic carbocycles. The van der Waals surface area contributed by atoms with Crippen molar-refractivity contribution in [2.24, 2.45) is 0 Å². The summed E-state index contributed by atoms with van der Waals surface area (Å²) in [7, 11) is 0. The van der Waals surface area contributed by atoms with Gasteiger partial charge in [-0.15, -0.1) is 0 Å². The minimum Gasteiger partial charge on any atom is -0.467 e. The molecule has 2 heterocycles. The van der Waals surface area contributed by atoms with Crippen LogP contribution in [0, 0.1) is 0 Å². The molecule has 0 aromatic carbocycles. The molecule has 0 spiro atoms. The van der Waals surface area contributed by atoms with Gasteiger partial charge in [0.1, 0.15) is 23.7 Å². The van der Waals surface area contributed by atoms with Gasteiger partial charge in [0.25, 0.3) is 0 Å². The van der Waals surface area contributed by atoms with Crippen molar-refractivity contribution in [1.82, 2.24) is 9.97 Å². The zero-order chi connectivity index (χ0) is 13.5. The fourth-order valence-electron chi connectivity index (χ4n) is 1.82. The van der Waals surface area contributed by atoms with Crippen LogP contribution in [0.3, 0.4) is 0 Å². The van der Waals surface area contributed by atoms with Gasteiger partial charge in [-0.05, 0) is 25.5 Å². The van der Waals surface area contributed by atoms with E-state index in [-0.39, 0.29) is 0 Å². The van der Waals surface area contributed by atoms with E-state index in [9.17, 15) is 0 Å². The molecule has 19 heavy (non-hydrogen) atoms. The van der Waals surface area contributed by atoms with E-state index in [0.29, 0.717) is 6.54 Å². The molecule has 5 nitrogen and oxygen atoms in total. The molecule has 1 N–H and O–H groups in total. The van der Waals surface area contributed by atoms with E-state index in [4.69, 9.17) is 4.42 Å². The molecule has 2 aromatic rings. The van der Waals surface area contributed by atoms with Gasteiger partial charge in [0.05, 0.1) is 12.8 Å². The quantitative estimate of drug-likeness (QED) is 0.829. The second kappa shape index (κ2) is 6.78. The highest BCUT2D eigenvalue weighted by Gasteiger charge is 2.09. The van der Waals surface area contributed by atoms with Crippen LogP contribution in [0.1, 0.15) is 26.0 Å². The van der Waals surface area contributed by atoms with Crippen LogP contribution in [0.25, 0.3) is 0 Å². The van der Waals surface area contributed by atoms with Crippen molar-refractivity contribution in [2.45, 2.75) is 26.8 Å². The summed E-state index contributed by atoms with van der Waals surface area (Å²) in [5, 5.41) is 3.27. The molecule has 0 aliphatic heterocycles. The summed E-state index contributed by atoms with van der Waals surface area (Å²) < 4.78 is 5.38. The normalized spacial score (nSPS) is 10.4. The molecule has 0 saturated heterocycles. The number of hydrogen-bond donors (Lipinski definition) is 1. The van der Waals surface area contributed by atoms with Gasteiger partial charge in [0.2, 0.25) is 0 Å². The Kier molecular flexibility index (Phi) is 4.78. The van der Waals surface area contributed by atoms with Crippen molar-refractivity contribution < 1.29 is 4.42 Å². The Labute approximate surface area is 113 Å². The lowest BCUT2D eigenvalue weighted by atomic mass is 10.3. The van der Waals surface area contributed by atoms with Gasteiger partial charge >= 0.3 is 0 Å². The maximum absolute atomic E-state index is 5.38. The van der Waals surface area contributed by atoms with Gasteiger partial charge in [-0.2, -0.15) is 0 Å². The molecule has 0 radical (unpaired) electrons. The summed E-state index contributed by atoms with van der Waals surface area (Å²) in [6, 6.07) is 5.85. The lowest BCUT2D eigenvalue weighted by molar-refractivity contribution is 0.503. The Morgan fingerprint density at radius 2 is 2.21 bits per heavy atom. The third-order valence-corrected chi connectivity index (χ3v) is 2.84. The van der Waals surface area contributed by atoms with Crippen molar-refractivity contribution in [3.8, 4) is 0 Å². The highest BCUT2D eigenvalue weighted by molar-refractivity contribution is 5.48. The van der Waals surface area contributed by atoms with Crippen LogP contribution in [0.4, 0.5) is 11.6 Å². The zero-order valence-corrected chi connectivity index (χ0v) is 11.5. The molecule has 0 aliphatic rings. The molecule has 0 unspecified atom stereocenters. The Hall–Kier alpha value is -2.04. The average Bonchev–Trinajstić information content (AvgIpc) is 2.96. The Bertz CT molecular complexity index is 484. The largest absolute Gasteiger partial charge is 0.467 e. The number of rotatable bonds is 7. The topological polar surface area (TPSA) is 54.2 Å². The first-order chi connectivity index (χ1) is 9.33. The Morgan fingerprint density at radius 3 is 2.89 bits per heavy atom. The predicted octanol–water partition coefficient (Wildman–Crippen LogP) is 2.92. The molecular formula is C14H20N4O. The van der Waals surface area contributed by atoms with Crippen molar-refractivity contribution in [3.63, 3.8) is 0 Å². The molecule has 2 aromatic heterocycles. The molecule has 2 rings (SSSR count). The van der Waals surface area contributed by atoms with Gasteiger partial charge in [-0.1, -0.05) is 6.92 Å². The van der Waals surface area contributed by atoms with Crippen LogP contribution in [-0.2, 0) is 6.54 Å². The fourth-order valence-corrected chi connectivity index (χ4v) is 1.82. The summed E-state index contributed by atoms with van der Waals surface area (Å²) in [4.78, 5) is 10.7. The minimum atomic E-state index is 0.716. The summed E-state index contributed by atoms with van der Waals surface area (Å²) in [5.74, 6) is 2.71. The second-order valence-corrected chi connectivity index (χ2v) is 4.28. The van der Waals surface area contributed by atoms with Gasteiger partial charge in [0.15, 0.2) is 0 Å². The maximum atomic E-state index is 5.38. The Morgan fingerprint density at radius 1 is 1.32 bits per heavy atom.